The number of H-pyrrole nitrogens is 1. The molecule has 29 heavy (non-hydrogen) atoms. The Morgan fingerprint density at radius 3 is 2.52 bits per heavy atom. The fraction of sp³-hybridized carbons (Fsp3) is 0.261. The van der Waals surface area contributed by atoms with Gasteiger partial charge in [-0.1, -0.05) is 42.5 Å². The summed E-state index contributed by atoms with van der Waals surface area (Å²) >= 11 is 0. The zero-order valence-electron chi connectivity index (χ0n) is 15.8. The first-order chi connectivity index (χ1) is 14.0. The third-order valence-corrected chi connectivity index (χ3v) is 6.21. The van der Waals surface area contributed by atoms with E-state index in [2.05, 4.69) is 27.8 Å². The van der Waals surface area contributed by atoms with Crippen molar-refractivity contribution >= 4 is 22.7 Å². The molecule has 3 N–H and O–H groups in total. The molecule has 2 aromatic carbocycles. The molecule has 3 aromatic rings. The van der Waals surface area contributed by atoms with Crippen LogP contribution in [0, 0.1) is 0 Å². The van der Waals surface area contributed by atoms with E-state index in [1.807, 2.05) is 42.5 Å². The lowest BCUT2D eigenvalue weighted by Crippen LogP contribution is -2.50. The number of nitrogens with one attached hydrogen (secondary N) is 3. The molecule has 2 heterocycles. The molecule has 1 aliphatic carbocycles. The zero-order chi connectivity index (χ0) is 20.0. The fourth-order valence-electron chi connectivity index (χ4n) is 4.72. The van der Waals surface area contributed by atoms with E-state index in [0.29, 0.717) is 18.4 Å². The van der Waals surface area contributed by atoms with Crippen LogP contribution in [0.5, 0.6) is 0 Å². The van der Waals surface area contributed by atoms with Crippen molar-refractivity contribution in [2.24, 2.45) is 0 Å². The van der Waals surface area contributed by atoms with Gasteiger partial charge in [-0.3, -0.25) is 14.9 Å². The SMILES string of the molecule is O=C1NC(=O)C2(CCCC(c3ccc(-c4ccc5ccccc5c4)[nH]c3=O)C2)N1. The van der Waals surface area contributed by atoms with Crippen LogP contribution in [0.1, 0.15) is 37.2 Å². The molecule has 3 amide bonds. The number of carbonyl (C=O) groups excluding carboxylic acids is 2. The van der Waals surface area contributed by atoms with Crippen molar-refractivity contribution in [2.75, 3.05) is 0 Å². The Morgan fingerprint density at radius 2 is 1.76 bits per heavy atom. The third kappa shape index (κ3) is 3.01. The smallest absolute Gasteiger partial charge is 0.322 e. The molecule has 1 spiro atoms. The number of imide groups is 1. The van der Waals surface area contributed by atoms with Crippen LogP contribution in [0.2, 0.25) is 0 Å². The average Bonchev–Trinajstić information content (AvgIpc) is 2.99. The Hall–Kier alpha value is -3.41. The minimum Gasteiger partial charge on any atom is -0.323 e. The van der Waals surface area contributed by atoms with E-state index < -0.39 is 11.6 Å². The molecule has 146 valence electrons. The third-order valence-electron chi connectivity index (χ3n) is 6.21. The molecule has 1 saturated carbocycles. The zero-order valence-corrected chi connectivity index (χ0v) is 15.8. The van der Waals surface area contributed by atoms with Crippen LogP contribution >= 0.6 is 0 Å². The Labute approximate surface area is 167 Å². The number of hydrogen-bond donors (Lipinski definition) is 3. The highest BCUT2D eigenvalue weighted by Gasteiger charge is 2.49. The number of aromatic nitrogens is 1. The second-order valence-corrected chi connectivity index (χ2v) is 8.00. The molecule has 0 radical (unpaired) electrons. The van der Waals surface area contributed by atoms with Gasteiger partial charge in [0.25, 0.3) is 11.5 Å². The lowest BCUT2D eigenvalue weighted by atomic mass is 9.73. The van der Waals surface area contributed by atoms with Gasteiger partial charge in [-0.05, 0) is 60.1 Å². The molecule has 2 fully saturated rings. The molecule has 6 nitrogen and oxygen atoms in total. The van der Waals surface area contributed by atoms with E-state index in [1.165, 1.54) is 0 Å². The summed E-state index contributed by atoms with van der Waals surface area (Å²) in [5, 5.41) is 7.38. The topological polar surface area (TPSA) is 91.1 Å². The number of aromatic amines is 1. The number of rotatable bonds is 2. The van der Waals surface area contributed by atoms with Crippen LogP contribution in [0.15, 0.2) is 59.4 Å². The number of amides is 3. The van der Waals surface area contributed by atoms with Gasteiger partial charge in [0.05, 0.1) is 0 Å². The van der Waals surface area contributed by atoms with E-state index >= 15 is 0 Å². The number of hydrogen-bond acceptors (Lipinski definition) is 3. The van der Waals surface area contributed by atoms with E-state index in [1.54, 1.807) is 0 Å². The van der Waals surface area contributed by atoms with Gasteiger partial charge in [-0.2, -0.15) is 0 Å². The second-order valence-electron chi connectivity index (χ2n) is 8.00. The van der Waals surface area contributed by atoms with Crippen LogP contribution in [0.25, 0.3) is 22.0 Å². The standard InChI is InChI=1S/C23H21N3O3/c27-20-18(17-6-3-11-23(13-17)21(28)25-22(29)26-23)9-10-19(24-20)16-8-7-14-4-1-2-5-15(14)12-16/h1-2,4-5,7-10,12,17H,3,6,11,13H2,(H,24,27)(H2,25,26,28,29). The highest BCUT2D eigenvalue weighted by atomic mass is 16.2. The van der Waals surface area contributed by atoms with E-state index in [4.69, 9.17) is 0 Å². The molecular weight excluding hydrogens is 366 g/mol. The maximum Gasteiger partial charge on any atom is 0.322 e. The molecule has 1 aromatic heterocycles. The van der Waals surface area contributed by atoms with Gasteiger partial charge in [0.1, 0.15) is 5.54 Å². The van der Waals surface area contributed by atoms with Crippen LogP contribution < -0.4 is 16.2 Å². The Morgan fingerprint density at radius 1 is 0.931 bits per heavy atom. The van der Waals surface area contributed by atoms with E-state index in [0.717, 1.165) is 34.9 Å². The van der Waals surface area contributed by atoms with Crippen molar-refractivity contribution < 1.29 is 9.59 Å². The summed E-state index contributed by atoms with van der Waals surface area (Å²) in [6.07, 6.45) is 2.66. The summed E-state index contributed by atoms with van der Waals surface area (Å²) in [5.74, 6) is -0.348. The van der Waals surface area contributed by atoms with Gasteiger partial charge in [-0.15, -0.1) is 0 Å². The second kappa shape index (κ2) is 6.58. The molecule has 0 bridgehead atoms. The molecular formula is C23H21N3O3. The van der Waals surface area contributed by atoms with Gasteiger partial charge in [-0.25, -0.2) is 4.79 Å². The number of fused-ring (bicyclic) bond motifs is 1. The average molecular weight is 387 g/mol. The predicted octanol–water partition coefficient (Wildman–Crippen LogP) is 3.43. The highest BCUT2D eigenvalue weighted by molar-refractivity contribution is 6.07. The number of benzene rings is 2. The largest absolute Gasteiger partial charge is 0.323 e. The Bertz CT molecular complexity index is 1200. The number of urea groups is 1. The van der Waals surface area contributed by atoms with Crippen molar-refractivity contribution in [3.05, 3.63) is 70.5 Å². The van der Waals surface area contributed by atoms with Crippen molar-refractivity contribution in [3.8, 4) is 11.3 Å². The van der Waals surface area contributed by atoms with Gasteiger partial charge < -0.3 is 10.3 Å². The summed E-state index contributed by atoms with van der Waals surface area (Å²) < 4.78 is 0. The lowest BCUT2D eigenvalue weighted by molar-refractivity contribution is -0.125. The maximum absolute atomic E-state index is 12.9. The van der Waals surface area contributed by atoms with Crippen LogP contribution in [-0.2, 0) is 4.79 Å². The summed E-state index contributed by atoms with van der Waals surface area (Å²) in [4.78, 5) is 39.8. The Kier molecular flexibility index (Phi) is 4.01. The summed E-state index contributed by atoms with van der Waals surface area (Å²) in [7, 11) is 0. The van der Waals surface area contributed by atoms with Crippen molar-refractivity contribution in [3.63, 3.8) is 0 Å². The van der Waals surface area contributed by atoms with Crippen molar-refractivity contribution in [1.82, 2.24) is 15.6 Å². The number of pyridine rings is 1. The minimum absolute atomic E-state index is 0.0673. The van der Waals surface area contributed by atoms with Gasteiger partial charge >= 0.3 is 6.03 Å². The first kappa shape index (κ1) is 17.7. The maximum atomic E-state index is 12.9. The predicted molar refractivity (Wildman–Crippen MR) is 111 cm³/mol. The molecule has 2 aliphatic rings. The first-order valence-electron chi connectivity index (χ1n) is 9.90. The molecule has 1 aliphatic heterocycles. The summed E-state index contributed by atoms with van der Waals surface area (Å²) in [5.41, 5.74) is 1.37. The Balaban J connectivity index is 1.46. The molecule has 2 unspecified atom stereocenters. The number of carbonyl (C=O) groups is 2. The summed E-state index contributed by atoms with van der Waals surface area (Å²) in [6, 6.07) is 17.6. The highest BCUT2D eigenvalue weighted by Crippen LogP contribution is 2.39. The van der Waals surface area contributed by atoms with Crippen molar-refractivity contribution in [1.29, 1.82) is 0 Å². The minimum atomic E-state index is -0.885. The van der Waals surface area contributed by atoms with Gasteiger partial charge in [0, 0.05) is 11.3 Å². The normalized spacial score (nSPS) is 23.9. The molecule has 1 saturated heterocycles. The molecule has 5 rings (SSSR count). The molecule has 2 atom stereocenters. The van der Waals surface area contributed by atoms with E-state index in [-0.39, 0.29) is 17.4 Å². The van der Waals surface area contributed by atoms with Crippen LogP contribution in [0.3, 0.4) is 0 Å². The van der Waals surface area contributed by atoms with Gasteiger partial charge in [0.15, 0.2) is 0 Å². The molecule has 6 heteroatoms. The van der Waals surface area contributed by atoms with E-state index in [9.17, 15) is 14.4 Å². The van der Waals surface area contributed by atoms with Crippen LogP contribution in [-0.4, -0.2) is 22.5 Å². The fourth-order valence-corrected chi connectivity index (χ4v) is 4.72. The summed E-state index contributed by atoms with van der Waals surface area (Å²) in [6.45, 7) is 0. The van der Waals surface area contributed by atoms with Crippen LogP contribution in [0.4, 0.5) is 4.79 Å². The lowest BCUT2D eigenvalue weighted by Gasteiger charge is -2.35. The quantitative estimate of drug-likeness (QED) is 0.589. The first-order valence-corrected chi connectivity index (χ1v) is 9.90. The van der Waals surface area contributed by atoms with Gasteiger partial charge in [0.2, 0.25) is 0 Å². The monoisotopic (exact) mass is 387 g/mol. The van der Waals surface area contributed by atoms with Crippen molar-refractivity contribution in [2.45, 2.75) is 37.1 Å².